The highest BCUT2D eigenvalue weighted by Crippen LogP contribution is 2.23. The number of ether oxygens (including phenoxy) is 1. The summed E-state index contributed by atoms with van der Waals surface area (Å²) >= 11 is 11.0. The molecule has 0 atom stereocenters. The van der Waals surface area contributed by atoms with E-state index in [4.69, 9.17) is 27.9 Å². The molecule has 0 aromatic heterocycles. The van der Waals surface area contributed by atoms with Crippen molar-refractivity contribution in [1.29, 1.82) is 0 Å². The summed E-state index contributed by atoms with van der Waals surface area (Å²) in [4.78, 5) is 22.5. The van der Waals surface area contributed by atoms with E-state index >= 15 is 0 Å². The van der Waals surface area contributed by atoms with Crippen molar-refractivity contribution in [3.63, 3.8) is 0 Å². The Morgan fingerprint density at radius 2 is 1.59 bits per heavy atom. The van der Waals surface area contributed by atoms with Crippen LogP contribution in [0.4, 0.5) is 0 Å². The van der Waals surface area contributed by atoms with Crippen LogP contribution in [0.15, 0.2) is 18.2 Å². The molecule has 3 nitrogen and oxygen atoms in total. The van der Waals surface area contributed by atoms with Crippen molar-refractivity contribution in [3.05, 3.63) is 29.3 Å². The van der Waals surface area contributed by atoms with Gasteiger partial charge in [0, 0.05) is 5.56 Å². The van der Waals surface area contributed by atoms with Gasteiger partial charge in [-0.25, -0.2) is 0 Å². The highest BCUT2D eigenvalue weighted by molar-refractivity contribution is 6.68. The van der Waals surface area contributed by atoms with E-state index in [9.17, 15) is 9.59 Å². The fourth-order valence-corrected chi connectivity index (χ4v) is 2.44. The lowest BCUT2D eigenvalue weighted by Crippen LogP contribution is -2.03. The molecule has 22 heavy (non-hydrogen) atoms. The first-order valence-corrected chi connectivity index (χ1v) is 8.48. The summed E-state index contributed by atoms with van der Waals surface area (Å²) < 4.78 is 5.60. The van der Waals surface area contributed by atoms with Gasteiger partial charge in [0.05, 0.1) is 12.2 Å². The fourth-order valence-electron chi connectivity index (χ4n) is 2.17. The van der Waals surface area contributed by atoms with E-state index in [1.165, 1.54) is 50.3 Å². The van der Waals surface area contributed by atoms with Crippen molar-refractivity contribution in [3.8, 4) is 5.75 Å². The van der Waals surface area contributed by atoms with E-state index in [1.54, 1.807) is 0 Å². The van der Waals surface area contributed by atoms with Crippen molar-refractivity contribution in [2.75, 3.05) is 6.61 Å². The second-order valence-corrected chi connectivity index (χ2v) is 5.91. The molecule has 0 heterocycles. The summed E-state index contributed by atoms with van der Waals surface area (Å²) in [7, 11) is 0. The molecule has 0 amide bonds. The average Bonchev–Trinajstić information content (AvgIpc) is 2.49. The molecule has 0 fully saturated rings. The standard InChI is InChI=1S/C17H22Cl2O3/c1-2-3-4-5-6-7-8-11-22-15-12-13(16(18)20)9-10-14(15)17(19)21/h9-10,12H,2-8,11H2,1H3. The zero-order chi connectivity index (χ0) is 16.4. The molecule has 0 saturated heterocycles. The maximum absolute atomic E-state index is 11.4. The Labute approximate surface area is 141 Å². The average molecular weight is 345 g/mol. The van der Waals surface area contributed by atoms with Crippen LogP contribution in [-0.4, -0.2) is 17.1 Å². The van der Waals surface area contributed by atoms with E-state index < -0.39 is 10.5 Å². The quantitative estimate of drug-likeness (QED) is 0.389. The van der Waals surface area contributed by atoms with Crippen molar-refractivity contribution < 1.29 is 14.3 Å². The van der Waals surface area contributed by atoms with Crippen LogP contribution in [0.2, 0.25) is 0 Å². The van der Waals surface area contributed by atoms with Crippen LogP contribution in [0.25, 0.3) is 0 Å². The number of unbranched alkanes of at least 4 members (excludes halogenated alkanes) is 6. The maximum atomic E-state index is 11.4. The van der Waals surface area contributed by atoms with Crippen LogP contribution in [-0.2, 0) is 0 Å². The molecule has 0 N–H and O–H groups in total. The number of rotatable bonds is 11. The minimum absolute atomic E-state index is 0.256. The number of hydrogen-bond acceptors (Lipinski definition) is 3. The van der Waals surface area contributed by atoms with Crippen molar-refractivity contribution in [2.24, 2.45) is 0 Å². The van der Waals surface area contributed by atoms with Gasteiger partial charge in [0.2, 0.25) is 0 Å². The van der Waals surface area contributed by atoms with E-state index in [0.29, 0.717) is 12.4 Å². The van der Waals surface area contributed by atoms with E-state index in [2.05, 4.69) is 6.92 Å². The number of hydrogen-bond donors (Lipinski definition) is 0. The highest BCUT2D eigenvalue weighted by Gasteiger charge is 2.13. The summed E-state index contributed by atoms with van der Waals surface area (Å²) in [5.74, 6) is 0.317. The predicted molar refractivity (Wildman–Crippen MR) is 90.3 cm³/mol. The number of carbonyl (C=O) groups excluding carboxylic acids is 2. The molecule has 122 valence electrons. The zero-order valence-electron chi connectivity index (χ0n) is 12.9. The highest BCUT2D eigenvalue weighted by atomic mass is 35.5. The SMILES string of the molecule is CCCCCCCCCOc1cc(C(=O)Cl)ccc1C(=O)Cl. The third-order valence-corrected chi connectivity index (χ3v) is 3.85. The van der Waals surface area contributed by atoms with Crippen LogP contribution in [0.5, 0.6) is 5.75 Å². The van der Waals surface area contributed by atoms with E-state index in [-0.39, 0.29) is 11.1 Å². The minimum atomic E-state index is -0.608. The van der Waals surface area contributed by atoms with Gasteiger partial charge in [-0.3, -0.25) is 9.59 Å². The molecule has 5 heteroatoms. The van der Waals surface area contributed by atoms with Gasteiger partial charge in [0.1, 0.15) is 5.75 Å². The largest absolute Gasteiger partial charge is 0.493 e. The normalized spacial score (nSPS) is 10.5. The molecule has 1 aromatic rings. The van der Waals surface area contributed by atoms with Crippen LogP contribution in [0, 0.1) is 0 Å². The lowest BCUT2D eigenvalue weighted by molar-refractivity contribution is 0.106. The van der Waals surface area contributed by atoms with Gasteiger partial charge in [-0.05, 0) is 47.8 Å². The summed E-state index contributed by atoms with van der Waals surface area (Å²) in [5, 5.41) is -1.20. The van der Waals surface area contributed by atoms with Crippen molar-refractivity contribution in [2.45, 2.75) is 51.9 Å². The third-order valence-electron chi connectivity index (χ3n) is 3.43. The Balaban J connectivity index is 2.45. The molecule has 0 unspecified atom stereocenters. The molecule has 0 aliphatic carbocycles. The van der Waals surface area contributed by atoms with Gasteiger partial charge in [-0.1, -0.05) is 45.4 Å². The monoisotopic (exact) mass is 344 g/mol. The molecule has 0 aliphatic rings. The number of halogens is 2. The zero-order valence-corrected chi connectivity index (χ0v) is 14.4. The minimum Gasteiger partial charge on any atom is -0.493 e. The topological polar surface area (TPSA) is 43.4 Å². The van der Waals surface area contributed by atoms with Gasteiger partial charge >= 0.3 is 0 Å². The molecule has 0 saturated carbocycles. The first kappa shape index (κ1) is 19.0. The second-order valence-electron chi connectivity index (χ2n) is 5.23. The Morgan fingerprint density at radius 1 is 0.955 bits per heavy atom. The molecule has 0 radical (unpaired) electrons. The lowest BCUT2D eigenvalue weighted by atomic mass is 10.1. The predicted octanol–water partition coefficient (Wildman–Crippen LogP) is 5.57. The Hall–Kier alpha value is -1.06. The number of benzene rings is 1. The summed E-state index contributed by atoms with van der Waals surface area (Å²) in [6, 6.07) is 4.39. The fraction of sp³-hybridized carbons (Fsp3) is 0.529. The van der Waals surface area contributed by atoms with Crippen LogP contribution >= 0.6 is 23.2 Å². The smallest absolute Gasteiger partial charge is 0.256 e. The van der Waals surface area contributed by atoms with Gasteiger partial charge in [-0.15, -0.1) is 0 Å². The third kappa shape index (κ3) is 6.80. The van der Waals surface area contributed by atoms with E-state index in [0.717, 1.165) is 12.8 Å². The number of carbonyl (C=O) groups is 2. The molecule has 1 rings (SSSR count). The van der Waals surface area contributed by atoms with Crippen molar-refractivity contribution >= 4 is 33.7 Å². The summed E-state index contributed by atoms with van der Waals surface area (Å²) in [6.45, 7) is 2.69. The van der Waals surface area contributed by atoms with Crippen molar-refractivity contribution in [1.82, 2.24) is 0 Å². The summed E-state index contributed by atoms with van der Waals surface area (Å²) in [6.07, 6.45) is 8.23. The first-order chi connectivity index (χ1) is 10.6. The maximum Gasteiger partial charge on any atom is 0.256 e. The van der Waals surface area contributed by atoms with Crippen LogP contribution in [0.3, 0.4) is 0 Å². The summed E-state index contributed by atoms with van der Waals surface area (Å²) in [5.41, 5.74) is 0.546. The molecular formula is C17H22Cl2O3. The Bertz CT molecular complexity index is 501. The van der Waals surface area contributed by atoms with Gasteiger partial charge in [-0.2, -0.15) is 0 Å². The molecule has 1 aromatic carbocycles. The van der Waals surface area contributed by atoms with Crippen LogP contribution < -0.4 is 4.74 Å². The van der Waals surface area contributed by atoms with Gasteiger partial charge in [0.15, 0.2) is 0 Å². The van der Waals surface area contributed by atoms with Crippen LogP contribution in [0.1, 0.15) is 72.6 Å². The molecule has 0 aliphatic heterocycles. The Morgan fingerprint density at radius 3 is 2.18 bits per heavy atom. The lowest BCUT2D eigenvalue weighted by Gasteiger charge is -2.10. The van der Waals surface area contributed by atoms with Gasteiger partial charge < -0.3 is 4.74 Å². The van der Waals surface area contributed by atoms with Gasteiger partial charge in [0.25, 0.3) is 10.5 Å². The van der Waals surface area contributed by atoms with E-state index in [1.807, 2.05) is 0 Å². The molecule has 0 spiro atoms. The molecule has 0 bridgehead atoms. The second kappa shape index (κ2) is 10.6. The Kier molecular flexibility index (Phi) is 9.17. The molecular weight excluding hydrogens is 323 g/mol. The first-order valence-electron chi connectivity index (χ1n) is 7.72.